The number of rotatable bonds is 7. The number of carbonyl (C=O) groups excluding carboxylic acids is 2. The third kappa shape index (κ3) is 7.09. The molecular formula is C19H24Cl2N2O2. The Kier molecular flexibility index (Phi) is 7.79. The summed E-state index contributed by atoms with van der Waals surface area (Å²) in [6.45, 7) is 2.62. The number of amides is 2. The summed E-state index contributed by atoms with van der Waals surface area (Å²) in [4.78, 5) is 25.7. The topological polar surface area (TPSA) is 49.4 Å². The van der Waals surface area contributed by atoms with Crippen molar-refractivity contribution in [1.82, 2.24) is 4.90 Å². The normalized spacial score (nSPS) is 14.0. The van der Waals surface area contributed by atoms with Crippen LogP contribution in [0.15, 0.2) is 29.8 Å². The maximum atomic E-state index is 12.1. The Hall–Kier alpha value is -1.52. The molecule has 6 heteroatoms. The molecule has 0 heterocycles. The van der Waals surface area contributed by atoms with Crippen LogP contribution in [0.1, 0.15) is 45.4 Å². The van der Waals surface area contributed by atoms with E-state index in [0.29, 0.717) is 28.8 Å². The van der Waals surface area contributed by atoms with Crippen molar-refractivity contribution >= 4 is 40.7 Å². The van der Waals surface area contributed by atoms with Crippen LogP contribution in [-0.2, 0) is 9.59 Å². The zero-order valence-corrected chi connectivity index (χ0v) is 16.0. The van der Waals surface area contributed by atoms with Gasteiger partial charge in [0.15, 0.2) is 0 Å². The van der Waals surface area contributed by atoms with Gasteiger partial charge in [0.2, 0.25) is 11.8 Å². The van der Waals surface area contributed by atoms with E-state index >= 15 is 0 Å². The second-order valence-corrected chi connectivity index (χ2v) is 7.19. The molecule has 136 valence electrons. The molecule has 0 bridgehead atoms. The van der Waals surface area contributed by atoms with Gasteiger partial charge in [0.25, 0.3) is 0 Å². The number of nitrogens with zero attached hydrogens (tertiary/aromatic N) is 1. The molecule has 0 atom stereocenters. The predicted molar refractivity (Wildman–Crippen MR) is 103 cm³/mol. The molecular weight excluding hydrogens is 359 g/mol. The first-order chi connectivity index (χ1) is 11.9. The lowest BCUT2D eigenvalue weighted by atomic mass is 9.97. The minimum atomic E-state index is -0.165. The second kappa shape index (κ2) is 9.83. The molecule has 0 aliphatic heterocycles. The van der Waals surface area contributed by atoms with Gasteiger partial charge in [-0.15, -0.1) is 0 Å². The number of nitrogens with one attached hydrogen (secondary N) is 1. The van der Waals surface area contributed by atoms with Gasteiger partial charge in [0.1, 0.15) is 0 Å². The summed E-state index contributed by atoms with van der Waals surface area (Å²) in [7, 11) is 0. The van der Waals surface area contributed by atoms with E-state index in [4.69, 9.17) is 23.2 Å². The largest absolute Gasteiger partial charge is 0.342 e. The summed E-state index contributed by atoms with van der Waals surface area (Å²) in [6, 6.07) is 4.89. The Balaban J connectivity index is 1.82. The van der Waals surface area contributed by atoms with E-state index in [1.54, 1.807) is 30.0 Å². The van der Waals surface area contributed by atoms with E-state index in [1.807, 2.05) is 0 Å². The zero-order chi connectivity index (χ0) is 18.2. The molecule has 2 rings (SSSR count). The van der Waals surface area contributed by atoms with Crippen molar-refractivity contribution < 1.29 is 9.59 Å². The number of anilines is 1. The molecule has 1 N–H and O–H groups in total. The highest BCUT2D eigenvalue weighted by molar-refractivity contribution is 6.35. The van der Waals surface area contributed by atoms with Gasteiger partial charge < -0.3 is 10.2 Å². The molecule has 4 nitrogen and oxygen atoms in total. The fourth-order valence-electron chi connectivity index (χ4n) is 2.92. The fraction of sp³-hybridized carbons (Fsp3) is 0.474. The summed E-state index contributed by atoms with van der Waals surface area (Å²) in [6.07, 6.45) is 8.18. The van der Waals surface area contributed by atoms with E-state index in [1.165, 1.54) is 18.4 Å². The van der Waals surface area contributed by atoms with Crippen LogP contribution in [-0.4, -0.2) is 29.8 Å². The first kappa shape index (κ1) is 19.8. The SMILES string of the molecule is CC(=O)N(CCC(=O)Nc1cc(Cl)cc(Cl)c1)CCC1=CCCCC1. The summed E-state index contributed by atoms with van der Waals surface area (Å²) >= 11 is 11.8. The van der Waals surface area contributed by atoms with Crippen LogP contribution in [0.3, 0.4) is 0 Å². The number of hydrogen-bond acceptors (Lipinski definition) is 2. The van der Waals surface area contributed by atoms with Gasteiger partial charge in [0, 0.05) is 42.2 Å². The summed E-state index contributed by atoms with van der Waals surface area (Å²) < 4.78 is 0. The van der Waals surface area contributed by atoms with Crippen molar-refractivity contribution in [3.63, 3.8) is 0 Å². The molecule has 0 spiro atoms. The Labute approximate surface area is 159 Å². The molecule has 1 aromatic rings. The maximum absolute atomic E-state index is 12.1. The smallest absolute Gasteiger partial charge is 0.226 e. The molecule has 0 radical (unpaired) electrons. The minimum absolute atomic E-state index is 0.00462. The van der Waals surface area contributed by atoms with Crippen LogP contribution >= 0.6 is 23.2 Å². The lowest BCUT2D eigenvalue weighted by Crippen LogP contribution is -2.33. The highest BCUT2D eigenvalue weighted by atomic mass is 35.5. The standard InChI is InChI=1S/C19H24Cl2N2O2/c1-14(24)23(9-7-15-5-3-2-4-6-15)10-8-19(25)22-18-12-16(20)11-17(21)13-18/h5,11-13H,2-4,6-10H2,1H3,(H,22,25). The van der Waals surface area contributed by atoms with Crippen molar-refractivity contribution in [3.8, 4) is 0 Å². The third-order valence-electron chi connectivity index (χ3n) is 4.29. The van der Waals surface area contributed by atoms with Gasteiger partial charge in [0.05, 0.1) is 0 Å². The van der Waals surface area contributed by atoms with E-state index < -0.39 is 0 Å². The van der Waals surface area contributed by atoms with Gasteiger partial charge in [-0.1, -0.05) is 34.9 Å². The van der Waals surface area contributed by atoms with Crippen molar-refractivity contribution in [2.75, 3.05) is 18.4 Å². The Morgan fingerprint density at radius 2 is 1.84 bits per heavy atom. The van der Waals surface area contributed by atoms with E-state index in [-0.39, 0.29) is 18.2 Å². The van der Waals surface area contributed by atoms with Crippen molar-refractivity contribution in [2.45, 2.75) is 45.4 Å². The maximum Gasteiger partial charge on any atom is 0.226 e. The van der Waals surface area contributed by atoms with Crippen LogP contribution < -0.4 is 5.32 Å². The van der Waals surface area contributed by atoms with Crippen molar-refractivity contribution in [2.24, 2.45) is 0 Å². The number of benzene rings is 1. The first-order valence-electron chi connectivity index (χ1n) is 8.63. The van der Waals surface area contributed by atoms with Crippen molar-refractivity contribution in [1.29, 1.82) is 0 Å². The Bertz CT molecular complexity index is 639. The van der Waals surface area contributed by atoms with Crippen LogP contribution in [0.2, 0.25) is 10.0 Å². The van der Waals surface area contributed by atoms with E-state index in [2.05, 4.69) is 11.4 Å². The van der Waals surface area contributed by atoms with Gasteiger partial charge in [-0.05, 0) is 50.3 Å². The zero-order valence-electron chi connectivity index (χ0n) is 14.5. The van der Waals surface area contributed by atoms with E-state index in [0.717, 1.165) is 19.3 Å². The summed E-state index contributed by atoms with van der Waals surface area (Å²) in [5, 5.41) is 3.70. The van der Waals surface area contributed by atoms with Crippen LogP contribution in [0.5, 0.6) is 0 Å². The van der Waals surface area contributed by atoms with Gasteiger partial charge in [-0.25, -0.2) is 0 Å². The molecule has 0 fully saturated rings. The highest BCUT2D eigenvalue weighted by Gasteiger charge is 2.13. The van der Waals surface area contributed by atoms with Crippen molar-refractivity contribution in [3.05, 3.63) is 39.9 Å². The Morgan fingerprint density at radius 1 is 1.12 bits per heavy atom. The molecule has 1 aliphatic rings. The number of hydrogen-bond donors (Lipinski definition) is 1. The Morgan fingerprint density at radius 3 is 2.44 bits per heavy atom. The summed E-state index contributed by atoms with van der Waals surface area (Å²) in [5.74, 6) is -0.170. The first-order valence-corrected chi connectivity index (χ1v) is 9.39. The van der Waals surface area contributed by atoms with Gasteiger partial charge >= 0.3 is 0 Å². The summed E-state index contributed by atoms with van der Waals surface area (Å²) in [5.41, 5.74) is 1.99. The molecule has 1 aliphatic carbocycles. The third-order valence-corrected chi connectivity index (χ3v) is 4.72. The van der Waals surface area contributed by atoms with Crippen LogP contribution in [0, 0.1) is 0 Å². The average Bonchev–Trinajstić information content (AvgIpc) is 2.54. The van der Waals surface area contributed by atoms with Crippen LogP contribution in [0.25, 0.3) is 0 Å². The molecule has 2 amide bonds. The second-order valence-electron chi connectivity index (χ2n) is 6.32. The molecule has 25 heavy (non-hydrogen) atoms. The molecule has 0 aromatic heterocycles. The van der Waals surface area contributed by atoms with Gasteiger partial charge in [-0.3, -0.25) is 9.59 Å². The average molecular weight is 383 g/mol. The lowest BCUT2D eigenvalue weighted by molar-refractivity contribution is -0.129. The lowest BCUT2D eigenvalue weighted by Gasteiger charge is -2.22. The van der Waals surface area contributed by atoms with E-state index in [9.17, 15) is 9.59 Å². The fourth-order valence-corrected chi connectivity index (χ4v) is 3.45. The molecule has 0 unspecified atom stereocenters. The molecule has 1 aromatic carbocycles. The predicted octanol–water partition coefficient (Wildman–Crippen LogP) is 5.06. The number of halogens is 2. The van der Waals surface area contributed by atoms with Gasteiger partial charge in [-0.2, -0.15) is 0 Å². The molecule has 0 saturated carbocycles. The minimum Gasteiger partial charge on any atom is -0.342 e. The highest BCUT2D eigenvalue weighted by Crippen LogP contribution is 2.23. The molecule has 0 saturated heterocycles. The quantitative estimate of drug-likeness (QED) is 0.669. The number of allylic oxidation sites excluding steroid dienone is 1. The monoisotopic (exact) mass is 382 g/mol. The van der Waals surface area contributed by atoms with Crippen LogP contribution in [0.4, 0.5) is 5.69 Å². The number of carbonyl (C=O) groups is 2.